The van der Waals surface area contributed by atoms with Gasteiger partial charge < -0.3 is 36.4 Å². The van der Waals surface area contributed by atoms with Crippen LogP contribution in [0.5, 0.6) is 0 Å². The summed E-state index contributed by atoms with van der Waals surface area (Å²) < 4.78 is 160. The molecule has 8 N–H and O–H groups in total. The second-order valence-corrected chi connectivity index (χ2v) is 28.9. The first-order chi connectivity index (χ1) is 54.7. The predicted octanol–water partition coefficient (Wildman–Crippen LogP) is 17.3. The van der Waals surface area contributed by atoms with Crippen LogP contribution in [0.25, 0.3) is 4.85 Å². The lowest BCUT2D eigenvalue weighted by atomic mass is 9.91. The second-order valence-electron chi connectivity index (χ2n) is 28.9. The molecular formula is C81H84F12N15O7+. The molecule has 2 unspecified atom stereocenters. The Morgan fingerprint density at radius 3 is 1.20 bits per heavy atom. The Kier molecular flexibility index (Phi) is 28.2. The highest BCUT2D eigenvalue weighted by Gasteiger charge is 2.44. The van der Waals surface area contributed by atoms with E-state index in [0.717, 1.165) is 70.6 Å². The lowest BCUT2D eigenvalue weighted by molar-refractivity contribution is -0.138. The van der Waals surface area contributed by atoms with Crippen LogP contribution in [0.15, 0.2) is 148 Å². The third-order valence-corrected chi connectivity index (χ3v) is 20.3. The summed E-state index contributed by atoms with van der Waals surface area (Å²) in [7, 11) is 0. The molecule has 0 bridgehead atoms. The van der Waals surface area contributed by atoms with Crippen LogP contribution < -0.4 is 26.2 Å². The van der Waals surface area contributed by atoms with E-state index in [9.17, 15) is 72.7 Å². The number of nitrogens with one attached hydrogen (secondary N) is 5. The molecule has 9 aromatic rings. The summed E-state index contributed by atoms with van der Waals surface area (Å²) in [6, 6.07) is 15.1. The summed E-state index contributed by atoms with van der Waals surface area (Å²) in [5, 5.41) is 13.9. The van der Waals surface area contributed by atoms with Gasteiger partial charge >= 0.3 is 12.1 Å². The Balaban J connectivity index is 0.000000164. The van der Waals surface area contributed by atoms with Crippen molar-refractivity contribution >= 4 is 52.9 Å². The van der Waals surface area contributed by atoms with E-state index in [1.165, 1.54) is 87.1 Å². The fourth-order valence-corrected chi connectivity index (χ4v) is 13.3. The van der Waals surface area contributed by atoms with Gasteiger partial charge in [0.2, 0.25) is 29.6 Å². The molecule has 0 aliphatic heterocycles. The number of nitrogens with zero attached hydrogens (tertiary/aromatic N) is 9. The number of benzene rings is 3. The Hall–Kier alpha value is -11.8. The van der Waals surface area contributed by atoms with Gasteiger partial charge in [0.15, 0.2) is 6.29 Å². The number of alkyl halides is 9. The van der Waals surface area contributed by atoms with Gasteiger partial charge in [-0.1, -0.05) is 23.0 Å². The number of amides is 4. The van der Waals surface area contributed by atoms with Gasteiger partial charge in [0.25, 0.3) is 24.4 Å². The molecule has 22 nitrogen and oxygen atoms in total. The SMILES string of the molecule is C#[N+]C1CCC(F)(F)CC1.Cc1ccncc1C(C(=O)NC1CCC(F)(F)CC1)N(C(=O)c1cnc[nH]1)c1ccc(C2CC2)cc1F.Cc1ccncc1C(C(=O)NC1CCC(F)(F)CC1)N(C(=O)c1cnc[nH]1)c1ccc(C2CC2)cc1F.Nc1ccc(C2CC2)cc1F.O=C(O)c1cnc[nH]1.O=Cc1cnccc1C(F)(F)F. The molecule has 15 rings (SSSR count). The van der Waals surface area contributed by atoms with Crippen LogP contribution in [0.1, 0.15) is 232 Å². The maximum absolute atomic E-state index is 15.6. The number of imidazole rings is 3. The van der Waals surface area contributed by atoms with Crippen LogP contribution in [-0.2, 0) is 15.8 Å². The molecule has 6 fully saturated rings. The molecular weight excluding hydrogens is 1520 g/mol. The van der Waals surface area contributed by atoms with E-state index < -0.39 is 100 Å². The topological polar surface area (TPSA) is 308 Å². The third-order valence-electron chi connectivity index (χ3n) is 20.3. The van der Waals surface area contributed by atoms with Crippen LogP contribution in [0.2, 0.25) is 0 Å². The molecule has 6 aliphatic carbocycles. The number of rotatable bonds is 17. The summed E-state index contributed by atoms with van der Waals surface area (Å²) in [5.41, 5.74) is 9.24. The zero-order valence-electron chi connectivity index (χ0n) is 62.4. The van der Waals surface area contributed by atoms with Gasteiger partial charge in [-0.25, -0.2) is 59.3 Å². The number of aromatic carboxylic acids is 1. The van der Waals surface area contributed by atoms with Gasteiger partial charge in [-0.05, 0) is 178 Å². The molecule has 2 atom stereocenters. The van der Waals surface area contributed by atoms with E-state index in [1.54, 1.807) is 62.6 Å². The normalized spacial score (nSPS) is 17.4. The van der Waals surface area contributed by atoms with Crippen LogP contribution in [0.4, 0.5) is 69.7 Å². The number of nitrogen functional groups attached to an aromatic ring is 1. The zero-order chi connectivity index (χ0) is 82.9. The highest BCUT2D eigenvalue weighted by Crippen LogP contribution is 2.46. The van der Waals surface area contributed by atoms with Crippen molar-refractivity contribution < 1.29 is 86.6 Å². The highest BCUT2D eigenvalue weighted by atomic mass is 19.4. The molecule has 6 aliphatic rings. The molecule has 0 spiro atoms. The molecule has 0 saturated heterocycles. The van der Waals surface area contributed by atoms with E-state index >= 15 is 8.78 Å². The minimum absolute atomic E-state index is 0.0281. The molecule has 6 aromatic heterocycles. The first-order valence-electron chi connectivity index (χ1n) is 37.1. The summed E-state index contributed by atoms with van der Waals surface area (Å²) in [5.74, 6) is -11.8. The van der Waals surface area contributed by atoms with Gasteiger partial charge in [-0.2, -0.15) is 13.2 Å². The van der Waals surface area contributed by atoms with E-state index in [0.29, 0.717) is 52.8 Å². The molecule has 115 heavy (non-hydrogen) atoms. The maximum atomic E-state index is 15.6. The Morgan fingerprint density at radius 2 is 0.887 bits per heavy atom. The van der Waals surface area contributed by atoms with Gasteiger partial charge in [0.05, 0.1) is 60.2 Å². The Bertz CT molecular complexity index is 4630. The average molecular weight is 1610 g/mol. The first-order valence-corrected chi connectivity index (χ1v) is 37.1. The predicted molar refractivity (Wildman–Crippen MR) is 400 cm³/mol. The molecule has 6 saturated carbocycles. The summed E-state index contributed by atoms with van der Waals surface area (Å²) >= 11 is 0. The van der Waals surface area contributed by atoms with Crippen molar-refractivity contribution in [1.29, 1.82) is 0 Å². The van der Waals surface area contributed by atoms with Crippen LogP contribution in [0.3, 0.4) is 0 Å². The monoisotopic (exact) mass is 1610 g/mol. The number of carboxylic acids is 1. The smallest absolute Gasteiger partial charge is 0.417 e. The number of carboxylic acid groups (broad SMARTS) is 1. The fraction of sp³-hybridized carbons (Fsp3) is 0.395. The Morgan fingerprint density at radius 1 is 0.522 bits per heavy atom. The molecule has 0 radical (unpaired) electrons. The quantitative estimate of drug-likeness (QED) is 0.0253. The van der Waals surface area contributed by atoms with Crippen LogP contribution >= 0.6 is 0 Å². The van der Waals surface area contributed by atoms with E-state index in [4.69, 9.17) is 17.4 Å². The highest BCUT2D eigenvalue weighted by molar-refractivity contribution is 6.10. The number of carbonyl (C=O) groups is 6. The lowest BCUT2D eigenvalue weighted by Crippen LogP contribution is -2.49. The number of hydrogen-bond donors (Lipinski definition) is 7. The Labute approximate surface area is 652 Å². The molecule has 4 amide bonds. The van der Waals surface area contributed by atoms with Gasteiger partial charge in [-0.15, -0.1) is 0 Å². The third kappa shape index (κ3) is 23.7. The van der Waals surface area contributed by atoms with E-state index in [2.05, 4.69) is 60.3 Å². The molecule has 608 valence electrons. The van der Waals surface area contributed by atoms with E-state index in [1.807, 2.05) is 6.07 Å². The number of hydrogen-bond acceptors (Lipinski definition) is 13. The van der Waals surface area contributed by atoms with E-state index in [-0.39, 0.29) is 116 Å². The molecule has 6 heterocycles. The maximum Gasteiger partial charge on any atom is 0.417 e. The number of H-pyrrole nitrogens is 3. The van der Waals surface area contributed by atoms with Crippen molar-refractivity contribution in [3.63, 3.8) is 0 Å². The average Bonchev–Trinajstić information content (AvgIpc) is 1.37. The number of nitrogens with two attached hydrogens (primary N) is 1. The van der Waals surface area contributed by atoms with Crippen LogP contribution in [-0.4, -0.2) is 122 Å². The number of carbonyl (C=O) groups excluding carboxylic acids is 5. The minimum Gasteiger partial charge on any atom is -0.477 e. The summed E-state index contributed by atoms with van der Waals surface area (Å²) in [6.07, 6.45) is 17.6. The minimum atomic E-state index is -4.49. The lowest BCUT2D eigenvalue weighted by Gasteiger charge is -2.34. The van der Waals surface area contributed by atoms with Crippen molar-refractivity contribution in [3.05, 3.63) is 237 Å². The number of aryl methyl sites for hydroxylation is 2. The van der Waals surface area contributed by atoms with Gasteiger partial charge in [-0.3, -0.25) is 48.7 Å². The number of aldehydes is 1. The zero-order valence-corrected chi connectivity index (χ0v) is 62.4. The number of pyridine rings is 3. The van der Waals surface area contributed by atoms with Crippen molar-refractivity contribution in [3.8, 4) is 6.57 Å². The van der Waals surface area contributed by atoms with Crippen molar-refractivity contribution in [2.24, 2.45) is 0 Å². The summed E-state index contributed by atoms with van der Waals surface area (Å²) in [4.78, 5) is 112. The summed E-state index contributed by atoms with van der Waals surface area (Å²) in [6.45, 7) is 8.51. The van der Waals surface area contributed by atoms with Crippen LogP contribution in [0, 0.1) is 37.9 Å². The second kappa shape index (κ2) is 37.9. The van der Waals surface area contributed by atoms with Crippen molar-refractivity contribution in [1.82, 2.24) is 55.5 Å². The molecule has 3 aromatic carbocycles. The standard InChI is InChI=1S/2C27H28F3N5O2.C9H10FN.C7H4F3NO.C7H10F2N.C4H4N2O2/c2*1-16-8-11-31-13-20(16)24(25(36)34-19-6-9-27(29,30)10-7-19)35(26(37)22-14-32-15-33-22)23-5-4-18(12-21(23)28)17-2-3-17;10-8-5-7(6-1-2-6)3-4-9(8)11;8-7(9,10)6-1-2-11-3-5(6)4-12;1-10-6-2-4-7(8,9)5-3-6;7-4(8)3-1-5-2-6-3/h2*4-5,8,11-15,17,19,24H,2-3,6-7,9-10H2,1H3,(H,32,33)(H,34,36);3-6H,1-2,11H2;1-4H;1,6H,2-5H2;1-2H,(H,5,6)(H,7,8)/q;;;;+1;. The largest absolute Gasteiger partial charge is 0.477 e. The number of aromatic amines is 3. The first kappa shape index (κ1) is 85.6. The van der Waals surface area contributed by atoms with Gasteiger partial charge in [0, 0.05) is 117 Å². The van der Waals surface area contributed by atoms with Gasteiger partial charge in [0.1, 0.15) is 46.6 Å². The molecule has 34 heteroatoms. The fourth-order valence-electron chi connectivity index (χ4n) is 13.3. The number of halogens is 12. The van der Waals surface area contributed by atoms with Crippen molar-refractivity contribution in [2.75, 3.05) is 15.5 Å². The number of anilines is 3. The van der Waals surface area contributed by atoms with Crippen molar-refractivity contribution in [2.45, 2.75) is 201 Å². The number of aromatic nitrogens is 9.